The fourth-order valence-electron chi connectivity index (χ4n) is 1.71. The third-order valence-corrected chi connectivity index (χ3v) is 3.08. The van der Waals surface area contributed by atoms with E-state index in [4.69, 9.17) is 0 Å². The van der Waals surface area contributed by atoms with Gasteiger partial charge in [0, 0.05) is 13.1 Å². The van der Waals surface area contributed by atoms with Crippen molar-refractivity contribution in [1.82, 2.24) is 10.6 Å². The smallest absolute Gasteiger partial charge is 0.235 e. The average molecular weight is 274 g/mol. The molecule has 0 aliphatic heterocycles. The number of aryl methyl sites for hydroxylation is 1. The zero-order valence-electron chi connectivity index (χ0n) is 12.3. The minimum Gasteiger partial charge on any atom is -0.352 e. The third kappa shape index (κ3) is 4.23. The van der Waals surface area contributed by atoms with E-state index in [1.54, 1.807) is 19.9 Å². The van der Waals surface area contributed by atoms with Gasteiger partial charge in [0.1, 0.15) is 5.41 Å². The quantitative estimate of drug-likeness (QED) is 0.615. The largest absolute Gasteiger partial charge is 0.352 e. The maximum absolute atomic E-state index is 12.1. The summed E-state index contributed by atoms with van der Waals surface area (Å²) in [5.74, 6) is -0.597. The summed E-state index contributed by atoms with van der Waals surface area (Å²) in [5.41, 5.74) is 1.05. The normalized spacial score (nSPS) is 10.8. The highest BCUT2D eigenvalue weighted by Gasteiger charge is 2.35. The van der Waals surface area contributed by atoms with Crippen LogP contribution in [0.25, 0.3) is 0 Å². The molecule has 1 aromatic carbocycles. The van der Waals surface area contributed by atoms with Crippen LogP contribution < -0.4 is 10.6 Å². The molecule has 4 heteroatoms. The Morgan fingerprint density at radius 2 is 1.90 bits per heavy atom. The van der Waals surface area contributed by atoms with Crippen LogP contribution in [0.5, 0.6) is 0 Å². The fraction of sp³-hybridized carbons (Fsp3) is 0.375. The molecule has 4 nitrogen and oxygen atoms in total. The number of amides is 2. The first-order valence-corrected chi connectivity index (χ1v) is 6.61. The molecule has 0 radical (unpaired) electrons. The van der Waals surface area contributed by atoms with Crippen LogP contribution in [-0.2, 0) is 16.1 Å². The number of benzene rings is 1. The van der Waals surface area contributed by atoms with Gasteiger partial charge in [-0.2, -0.15) is 0 Å². The van der Waals surface area contributed by atoms with Gasteiger partial charge < -0.3 is 10.6 Å². The molecule has 2 N–H and O–H groups in total. The summed E-state index contributed by atoms with van der Waals surface area (Å²) in [6.45, 7) is 9.51. The Morgan fingerprint density at radius 1 is 1.25 bits per heavy atom. The van der Waals surface area contributed by atoms with Crippen LogP contribution in [0.1, 0.15) is 25.0 Å². The number of hydrogen-bond acceptors (Lipinski definition) is 2. The molecular formula is C16H22N2O2. The molecule has 2 amide bonds. The van der Waals surface area contributed by atoms with E-state index in [2.05, 4.69) is 17.2 Å². The van der Waals surface area contributed by atoms with Crippen molar-refractivity contribution in [2.24, 2.45) is 5.41 Å². The summed E-state index contributed by atoms with van der Waals surface area (Å²) in [5, 5.41) is 5.44. The van der Waals surface area contributed by atoms with Crippen molar-refractivity contribution in [2.45, 2.75) is 27.3 Å². The standard InChI is InChI=1S/C16H22N2O2/c1-5-9-17-14(19)16(3,4)15(20)18-11-13-8-6-7-12(2)10-13/h5-8,10H,1,9,11H2,2-4H3,(H,17,19)(H,18,20). The van der Waals surface area contributed by atoms with E-state index < -0.39 is 5.41 Å². The summed E-state index contributed by atoms with van der Waals surface area (Å²) >= 11 is 0. The van der Waals surface area contributed by atoms with E-state index in [0.29, 0.717) is 13.1 Å². The van der Waals surface area contributed by atoms with Crippen LogP contribution in [-0.4, -0.2) is 18.4 Å². The Kier molecular flexibility index (Phi) is 5.50. The second kappa shape index (κ2) is 6.89. The van der Waals surface area contributed by atoms with Crippen LogP contribution in [0.15, 0.2) is 36.9 Å². The molecule has 0 saturated carbocycles. The third-order valence-electron chi connectivity index (χ3n) is 3.08. The lowest BCUT2D eigenvalue weighted by Gasteiger charge is -2.22. The van der Waals surface area contributed by atoms with Crippen molar-refractivity contribution in [2.75, 3.05) is 6.54 Å². The Labute approximate surface area is 120 Å². The molecule has 0 heterocycles. The van der Waals surface area contributed by atoms with Crippen LogP contribution in [0.3, 0.4) is 0 Å². The lowest BCUT2D eigenvalue weighted by molar-refractivity contribution is -0.141. The molecule has 20 heavy (non-hydrogen) atoms. The maximum atomic E-state index is 12.1. The molecule has 1 rings (SSSR count). The zero-order valence-corrected chi connectivity index (χ0v) is 12.3. The van der Waals surface area contributed by atoms with E-state index in [0.717, 1.165) is 11.1 Å². The van der Waals surface area contributed by atoms with E-state index in [9.17, 15) is 9.59 Å². The summed E-state index contributed by atoms with van der Waals surface area (Å²) in [4.78, 5) is 24.0. The number of nitrogens with one attached hydrogen (secondary N) is 2. The van der Waals surface area contributed by atoms with Crippen molar-refractivity contribution < 1.29 is 9.59 Å². The van der Waals surface area contributed by atoms with Crippen LogP contribution in [0, 0.1) is 12.3 Å². The van der Waals surface area contributed by atoms with Crippen molar-refractivity contribution in [3.63, 3.8) is 0 Å². The van der Waals surface area contributed by atoms with Gasteiger partial charge in [0.05, 0.1) is 0 Å². The van der Waals surface area contributed by atoms with Crippen LogP contribution in [0.4, 0.5) is 0 Å². The first kappa shape index (κ1) is 16.0. The van der Waals surface area contributed by atoms with Crippen LogP contribution in [0.2, 0.25) is 0 Å². The molecule has 0 aliphatic carbocycles. The Morgan fingerprint density at radius 3 is 2.50 bits per heavy atom. The SMILES string of the molecule is C=CCNC(=O)C(C)(C)C(=O)NCc1cccc(C)c1. The second-order valence-electron chi connectivity index (χ2n) is 5.30. The lowest BCUT2D eigenvalue weighted by Crippen LogP contribution is -2.47. The van der Waals surface area contributed by atoms with Gasteiger partial charge in [-0.3, -0.25) is 9.59 Å². The molecule has 0 saturated heterocycles. The molecule has 1 aromatic rings. The molecule has 0 aromatic heterocycles. The molecule has 0 unspecified atom stereocenters. The first-order chi connectivity index (χ1) is 9.37. The average Bonchev–Trinajstić information content (AvgIpc) is 2.41. The number of carbonyl (C=O) groups is 2. The van der Waals surface area contributed by atoms with Gasteiger partial charge in [0.2, 0.25) is 11.8 Å². The number of rotatable bonds is 6. The van der Waals surface area contributed by atoms with Crippen molar-refractivity contribution in [1.29, 1.82) is 0 Å². The molecule has 0 spiro atoms. The van der Waals surface area contributed by atoms with Gasteiger partial charge >= 0.3 is 0 Å². The summed E-state index contributed by atoms with van der Waals surface area (Å²) < 4.78 is 0. The predicted octanol–water partition coefficient (Wildman–Crippen LogP) is 1.94. The molecule has 0 atom stereocenters. The Balaban J connectivity index is 2.61. The molecule has 0 aliphatic rings. The highest BCUT2D eigenvalue weighted by Crippen LogP contribution is 2.15. The molecule has 0 bridgehead atoms. The summed E-state index contributed by atoms with van der Waals surface area (Å²) in [6, 6.07) is 7.89. The highest BCUT2D eigenvalue weighted by atomic mass is 16.2. The Hall–Kier alpha value is -2.10. The van der Waals surface area contributed by atoms with Gasteiger partial charge in [0.25, 0.3) is 0 Å². The lowest BCUT2D eigenvalue weighted by atomic mass is 9.91. The summed E-state index contributed by atoms with van der Waals surface area (Å²) in [7, 11) is 0. The van der Waals surface area contributed by atoms with Gasteiger partial charge in [-0.15, -0.1) is 6.58 Å². The topological polar surface area (TPSA) is 58.2 Å². The van der Waals surface area contributed by atoms with E-state index in [-0.39, 0.29) is 11.8 Å². The highest BCUT2D eigenvalue weighted by molar-refractivity contribution is 6.04. The van der Waals surface area contributed by atoms with Crippen molar-refractivity contribution in [3.05, 3.63) is 48.0 Å². The number of carbonyl (C=O) groups excluding carboxylic acids is 2. The number of hydrogen-bond donors (Lipinski definition) is 2. The monoisotopic (exact) mass is 274 g/mol. The van der Waals surface area contributed by atoms with Crippen molar-refractivity contribution in [3.8, 4) is 0 Å². The van der Waals surface area contributed by atoms with E-state index >= 15 is 0 Å². The minimum absolute atomic E-state index is 0.291. The Bertz CT molecular complexity index is 507. The summed E-state index contributed by atoms with van der Waals surface area (Å²) in [6.07, 6.45) is 1.58. The van der Waals surface area contributed by atoms with Crippen molar-refractivity contribution >= 4 is 11.8 Å². The van der Waals surface area contributed by atoms with Crippen LogP contribution >= 0.6 is 0 Å². The predicted molar refractivity (Wildman–Crippen MR) is 80.0 cm³/mol. The van der Waals surface area contributed by atoms with E-state index in [1.807, 2.05) is 31.2 Å². The molecule has 0 fully saturated rings. The first-order valence-electron chi connectivity index (χ1n) is 6.61. The second-order valence-corrected chi connectivity index (χ2v) is 5.30. The fourth-order valence-corrected chi connectivity index (χ4v) is 1.71. The molecular weight excluding hydrogens is 252 g/mol. The molecule has 108 valence electrons. The van der Waals surface area contributed by atoms with Gasteiger partial charge in [-0.05, 0) is 26.3 Å². The van der Waals surface area contributed by atoms with Gasteiger partial charge in [-0.1, -0.05) is 35.9 Å². The zero-order chi connectivity index (χ0) is 15.2. The van der Waals surface area contributed by atoms with Gasteiger partial charge in [-0.25, -0.2) is 0 Å². The maximum Gasteiger partial charge on any atom is 0.235 e. The van der Waals surface area contributed by atoms with E-state index in [1.165, 1.54) is 0 Å². The minimum atomic E-state index is -1.10. The van der Waals surface area contributed by atoms with Gasteiger partial charge in [0.15, 0.2) is 0 Å².